The fourth-order valence-corrected chi connectivity index (χ4v) is 3.80. The van der Waals surface area contributed by atoms with Crippen LogP contribution in [0.5, 0.6) is 0 Å². The van der Waals surface area contributed by atoms with Crippen LogP contribution in [-0.4, -0.2) is 34.1 Å². The molecule has 2 N–H and O–H groups in total. The van der Waals surface area contributed by atoms with Crippen LogP contribution in [0.15, 0.2) is 18.2 Å². The van der Waals surface area contributed by atoms with Crippen LogP contribution in [0.25, 0.3) is 11.0 Å². The van der Waals surface area contributed by atoms with Gasteiger partial charge in [0, 0.05) is 19.5 Å². The molecule has 0 bridgehead atoms. The highest BCUT2D eigenvalue weighted by Gasteiger charge is 2.13. The van der Waals surface area contributed by atoms with Crippen LogP contribution in [0.2, 0.25) is 0 Å². The number of likely N-dealkylation sites (tertiary alicyclic amines) is 1. The van der Waals surface area contributed by atoms with Gasteiger partial charge in [-0.15, -0.1) is 0 Å². The number of aryl methyl sites for hydroxylation is 2. The Morgan fingerprint density at radius 2 is 1.92 bits per heavy atom. The van der Waals surface area contributed by atoms with Crippen molar-refractivity contribution < 1.29 is 0 Å². The van der Waals surface area contributed by atoms with Crippen molar-refractivity contribution in [1.29, 1.82) is 0 Å². The number of fused-ring (bicyclic) bond motifs is 1. The fraction of sp³-hybridized carbons (Fsp3) is 0.667. The van der Waals surface area contributed by atoms with E-state index in [1.807, 2.05) is 0 Å². The maximum atomic E-state index is 5.80. The van der Waals surface area contributed by atoms with E-state index >= 15 is 0 Å². The summed E-state index contributed by atoms with van der Waals surface area (Å²) in [5.74, 6) is 1.97. The second kappa shape index (κ2) is 8.81. The summed E-state index contributed by atoms with van der Waals surface area (Å²) in [6, 6.07) is 6.51. The second-order valence-electron chi connectivity index (χ2n) is 7.90. The molecule has 0 saturated carbocycles. The van der Waals surface area contributed by atoms with E-state index in [-0.39, 0.29) is 0 Å². The number of nitrogens with zero attached hydrogens (tertiary/aromatic N) is 3. The predicted molar refractivity (Wildman–Crippen MR) is 106 cm³/mol. The predicted octanol–water partition coefficient (Wildman–Crippen LogP) is 3.96. The molecular weight excluding hydrogens is 308 g/mol. The van der Waals surface area contributed by atoms with Crippen molar-refractivity contribution in [2.24, 2.45) is 11.7 Å². The van der Waals surface area contributed by atoms with Crippen molar-refractivity contribution in [3.8, 4) is 0 Å². The van der Waals surface area contributed by atoms with Crippen LogP contribution >= 0.6 is 0 Å². The Labute approximate surface area is 152 Å². The lowest BCUT2D eigenvalue weighted by Gasteiger charge is -2.14. The minimum Gasteiger partial charge on any atom is -0.328 e. The van der Waals surface area contributed by atoms with E-state index in [9.17, 15) is 0 Å². The molecule has 0 atom stereocenters. The van der Waals surface area contributed by atoms with Gasteiger partial charge in [-0.1, -0.05) is 19.9 Å². The molecule has 1 fully saturated rings. The zero-order valence-electron chi connectivity index (χ0n) is 16.0. The van der Waals surface area contributed by atoms with Crippen molar-refractivity contribution in [3.05, 3.63) is 29.6 Å². The number of hydrogen-bond donors (Lipinski definition) is 1. The van der Waals surface area contributed by atoms with Gasteiger partial charge in [-0.25, -0.2) is 4.98 Å². The van der Waals surface area contributed by atoms with Crippen LogP contribution in [-0.2, 0) is 19.5 Å². The lowest BCUT2D eigenvalue weighted by Crippen LogP contribution is -2.20. The zero-order valence-corrected chi connectivity index (χ0v) is 16.0. The third-order valence-corrected chi connectivity index (χ3v) is 5.38. The summed E-state index contributed by atoms with van der Waals surface area (Å²) >= 11 is 0. The van der Waals surface area contributed by atoms with Gasteiger partial charge in [-0.2, -0.15) is 0 Å². The third kappa shape index (κ3) is 4.83. The van der Waals surface area contributed by atoms with Gasteiger partial charge in [0.15, 0.2) is 0 Å². The molecule has 2 heterocycles. The number of benzene rings is 1. The first-order chi connectivity index (χ1) is 12.2. The van der Waals surface area contributed by atoms with Crippen LogP contribution < -0.4 is 5.73 Å². The normalized spacial score (nSPS) is 15.7. The van der Waals surface area contributed by atoms with E-state index in [2.05, 4.69) is 41.5 Å². The molecule has 1 aromatic heterocycles. The first kappa shape index (κ1) is 18.4. The van der Waals surface area contributed by atoms with E-state index in [0.29, 0.717) is 12.5 Å². The maximum Gasteiger partial charge on any atom is 0.109 e. The average Bonchev–Trinajstić information content (AvgIpc) is 3.23. The Hall–Kier alpha value is -1.39. The summed E-state index contributed by atoms with van der Waals surface area (Å²) in [5.41, 5.74) is 9.35. The fourth-order valence-electron chi connectivity index (χ4n) is 3.80. The highest BCUT2D eigenvalue weighted by atomic mass is 15.1. The largest absolute Gasteiger partial charge is 0.328 e. The lowest BCUT2D eigenvalue weighted by molar-refractivity contribution is 0.329. The van der Waals surface area contributed by atoms with Crippen molar-refractivity contribution in [1.82, 2.24) is 14.5 Å². The van der Waals surface area contributed by atoms with Crippen LogP contribution in [0.1, 0.15) is 57.3 Å². The maximum absolute atomic E-state index is 5.80. The lowest BCUT2D eigenvalue weighted by atomic mass is 10.1. The highest BCUT2D eigenvalue weighted by Crippen LogP contribution is 2.21. The SMILES string of the molecule is CC(C)CCn1c(CCCCN2CCCC2)nc2cc(CN)ccc21. The number of nitrogens with two attached hydrogens (primary N) is 1. The molecule has 2 aromatic rings. The number of rotatable bonds is 9. The minimum atomic E-state index is 0.583. The quantitative estimate of drug-likeness (QED) is 0.702. The summed E-state index contributed by atoms with van der Waals surface area (Å²) < 4.78 is 2.45. The van der Waals surface area contributed by atoms with E-state index in [1.54, 1.807) is 0 Å². The summed E-state index contributed by atoms with van der Waals surface area (Å²) in [7, 11) is 0. The molecule has 0 amide bonds. The molecule has 1 aliphatic rings. The second-order valence-corrected chi connectivity index (χ2v) is 7.90. The van der Waals surface area contributed by atoms with Gasteiger partial charge in [0.05, 0.1) is 11.0 Å². The Bertz CT molecular complexity index is 668. The van der Waals surface area contributed by atoms with Crippen LogP contribution in [0, 0.1) is 5.92 Å². The average molecular weight is 343 g/mol. The van der Waals surface area contributed by atoms with E-state index < -0.39 is 0 Å². The Morgan fingerprint density at radius 3 is 2.64 bits per heavy atom. The number of hydrogen-bond acceptors (Lipinski definition) is 3. The van der Waals surface area contributed by atoms with Crippen molar-refractivity contribution in [3.63, 3.8) is 0 Å². The van der Waals surface area contributed by atoms with Gasteiger partial charge < -0.3 is 15.2 Å². The molecule has 1 aliphatic heterocycles. The van der Waals surface area contributed by atoms with Gasteiger partial charge in [-0.05, 0) is 75.4 Å². The molecule has 138 valence electrons. The van der Waals surface area contributed by atoms with Crippen molar-refractivity contribution in [2.45, 2.75) is 65.5 Å². The molecular formula is C21H34N4. The zero-order chi connectivity index (χ0) is 17.6. The minimum absolute atomic E-state index is 0.583. The van der Waals surface area contributed by atoms with E-state index in [0.717, 1.165) is 18.5 Å². The first-order valence-corrected chi connectivity index (χ1v) is 10.1. The molecule has 0 radical (unpaired) electrons. The van der Waals surface area contributed by atoms with E-state index in [1.165, 1.54) is 68.6 Å². The van der Waals surface area contributed by atoms with Gasteiger partial charge in [-0.3, -0.25) is 0 Å². The van der Waals surface area contributed by atoms with Gasteiger partial charge in [0.2, 0.25) is 0 Å². The van der Waals surface area contributed by atoms with E-state index in [4.69, 9.17) is 10.7 Å². The van der Waals surface area contributed by atoms with Gasteiger partial charge in [0.25, 0.3) is 0 Å². The monoisotopic (exact) mass is 342 g/mol. The summed E-state index contributed by atoms with van der Waals surface area (Å²) in [4.78, 5) is 7.57. The van der Waals surface area contributed by atoms with Gasteiger partial charge in [0.1, 0.15) is 5.82 Å². The Balaban J connectivity index is 1.68. The summed E-state index contributed by atoms with van der Waals surface area (Å²) in [5, 5.41) is 0. The molecule has 0 unspecified atom stereocenters. The topological polar surface area (TPSA) is 47.1 Å². The number of imidazole rings is 1. The molecule has 3 rings (SSSR count). The third-order valence-electron chi connectivity index (χ3n) is 5.38. The highest BCUT2D eigenvalue weighted by molar-refractivity contribution is 5.77. The van der Waals surface area contributed by atoms with Gasteiger partial charge >= 0.3 is 0 Å². The summed E-state index contributed by atoms with van der Waals surface area (Å²) in [6.07, 6.45) is 7.55. The molecule has 4 heteroatoms. The smallest absolute Gasteiger partial charge is 0.109 e. The molecule has 4 nitrogen and oxygen atoms in total. The number of unbranched alkanes of at least 4 members (excludes halogenated alkanes) is 1. The standard InChI is InChI=1S/C21H34N4/c1-17(2)10-14-25-20-9-8-18(16-22)15-19(20)23-21(25)7-3-4-11-24-12-5-6-13-24/h8-9,15,17H,3-7,10-14,16,22H2,1-2H3. The molecule has 0 aliphatic carbocycles. The Kier molecular flexibility index (Phi) is 6.49. The van der Waals surface area contributed by atoms with Crippen LogP contribution in [0.3, 0.4) is 0 Å². The molecule has 0 spiro atoms. The molecule has 25 heavy (non-hydrogen) atoms. The first-order valence-electron chi connectivity index (χ1n) is 10.1. The van der Waals surface area contributed by atoms with Crippen molar-refractivity contribution in [2.75, 3.05) is 19.6 Å². The summed E-state index contributed by atoms with van der Waals surface area (Å²) in [6.45, 7) is 10.1. The molecule has 1 aromatic carbocycles. The number of aromatic nitrogens is 2. The van der Waals surface area contributed by atoms with Crippen molar-refractivity contribution >= 4 is 11.0 Å². The Morgan fingerprint density at radius 1 is 1.12 bits per heavy atom. The molecule has 1 saturated heterocycles. The van der Waals surface area contributed by atoms with Crippen LogP contribution in [0.4, 0.5) is 0 Å².